The summed E-state index contributed by atoms with van der Waals surface area (Å²) in [6.07, 6.45) is 4.61. The summed E-state index contributed by atoms with van der Waals surface area (Å²) < 4.78 is 0. The van der Waals surface area contributed by atoms with Gasteiger partial charge in [0.15, 0.2) is 0 Å². The summed E-state index contributed by atoms with van der Waals surface area (Å²) in [5, 5.41) is 0. The molecule has 8 aromatic rings. The van der Waals surface area contributed by atoms with Crippen molar-refractivity contribution in [1.82, 2.24) is 0 Å². The van der Waals surface area contributed by atoms with E-state index in [1.807, 2.05) is 275 Å². The molecule has 4 unspecified atom stereocenters. The SMILES string of the molecule is CC.CC.CC.CC.CC.CC.CC.CC.CC(C)(C)c1ccc(C#Cc2ccccc2)cc1.CC(C)(C)c1ccc(N2C(=O)C=C(c3ccccc3)C2=O)cc1.CC(C)(C)c1ccc(N2C(=O)c3ccc(C#Cc4ccccc4)cc3C2=O)cc1.CC1=CC2CC1C1C(=O)N(c3ccc(C(C)(C)C)cc3)C(=O)C21. The van der Waals surface area contributed by atoms with E-state index < -0.39 is 0 Å². The average Bonchev–Trinajstić information content (AvgIpc) is 1.56. The predicted octanol–water partition coefficient (Wildman–Crippen LogP) is 25.4. The number of fused-ring (bicyclic) bond motifs is 6. The number of rotatable bonds is 4. The van der Waals surface area contributed by atoms with E-state index in [1.165, 1.54) is 37.5 Å². The number of carbonyl (C=O) groups excluding carboxylic acids is 6. The van der Waals surface area contributed by atoms with Crippen LogP contribution in [0.2, 0.25) is 0 Å². The maximum atomic E-state index is 13.0. The highest BCUT2D eigenvalue weighted by molar-refractivity contribution is 6.43. The Balaban J connectivity index is 0.000000468. The molecule has 2 aliphatic carbocycles. The Morgan fingerprint density at radius 3 is 1.02 bits per heavy atom. The molecule has 1 saturated heterocycles. The first kappa shape index (κ1) is 94.9. The molecule has 109 heavy (non-hydrogen) atoms. The van der Waals surface area contributed by atoms with Crippen LogP contribution in [0.15, 0.2) is 224 Å². The van der Waals surface area contributed by atoms with Crippen molar-refractivity contribution in [2.24, 2.45) is 23.7 Å². The van der Waals surface area contributed by atoms with Gasteiger partial charge in [-0.3, -0.25) is 33.7 Å². The van der Waals surface area contributed by atoms with Crippen molar-refractivity contribution in [2.45, 2.75) is 229 Å². The molecule has 13 rings (SSSR count). The molecular weight excluding hydrogens is 1340 g/mol. The summed E-state index contributed by atoms with van der Waals surface area (Å²) >= 11 is 0. The van der Waals surface area contributed by atoms with Gasteiger partial charge in [0.2, 0.25) is 11.8 Å². The lowest BCUT2D eigenvalue weighted by Gasteiger charge is -2.22. The van der Waals surface area contributed by atoms with Gasteiger partial charge in [0.1, 0.15) is 0 Å². The van der Waals surface area contributed by atoms with Gasteiger partial charge < -0.3 is 0 Å². The Morgan fingerprint density at radius 1 is 0.321 bits per heavy atom. The Labute approximate surface area is 659 Å². The van der Waals surface area contributed by atoms with Crippen LogP contribution in [0.5, 0.6) is 0 Å². The van der Waals surface area contributed by atoms with Crippen LogP contribution in [-0.2, 0) is 40.8 Å². The van der Waals surface area contributed by atoms with Gasteiger partial charge in [0.25, 0.3) is 23.6 Å². The molecular formula is C100H129N3O6. The van der Waals surface area contributed by atoms with Gasteiger partial charge in [-0.05, 0) is 166 Å². The zero-order valence-corrected chi connectivity index (χ0v) is 71.6. The first-order chi connectivity index (χ1) is 52.1. The number of anilines is 3. The first-order valence-corrected chi connectivity index (χ1v) is 39.9. The number of nitrogens with zero attached hydrogens (tertiary/aromatic N) is 3. The highest BCUT2D eigenvalue weighted by Crippen LogP contribution is 2.56. The third-order valence-electron chi connectivity index (χ3n) is 17.7. The molecule has 4 atom stereocenters. The Kier molecular flexibility index (Phi) is 39.7. The molecule has 1 saturated carbocycles. The molecule has 5 aliphatic rings. The molecule has 580 valence electrons. The van der Waals surface area contributed by atoms with Crippen LogP contribution in [0.4, 0.5) is 17.1 Å². The molecule has 6 amide bonds. The molecule has 0 radical (unpaired) electrons. The van der Waals surface area contributed by atoms with Crippen LogP contribution < -0.4 is 14.7 Å². The van der Waals surface area contributed by atoms with Crippen LogP contribution in [0.25, 0.3) is 5.57 Å². The molecule has 3 aliphatic heterocycles. The zero-order valence-electron chi connectivity index (χ0n) is 71.6. The smallest absolute Gasteiger partial charge is 0.266 e. The number of amides is 6. The van der Waals surface area contributed by atoms with Crippen molar-refractivity contribution in [3.63, 3.8) is 0 Å². The maximum absolute atomic E-state index is 13.0. The summed E-state index contributed by atoms with van der Waals surface area (Å²) in [5.74, 6) is 11.6. The van der Waals surface area contributed by atoms with E-state index in [9.17, 15) is 28.8 Å². The van der Waals surface area contributed by atoms with Gasteiger partial charge in [-0.15, -0.1) is 0 Å². The van der Waals surface area contributed by atoms with E-state index in [4.69, 9.17) is 0 Å². The largest absolute Gasteiger partial charge is 0.274 e. The van der Waals surface area contributed by atoms with Gasteiger partial charge in [-0.2, -0.15) is 0 Å². The molecule has 2 fully saturated rings. The van der Waals surface area contributed by atoms with E-state index >= 15 is 0 Å². The summed E-state index contributed by atoms with van der Waals surface area (Å²) in [6, 6.07) is 65.8. The molecule has 3 heterocycles. The summed E-state index contributed by atoms with van der Waals surface area (Å²) in [4.78, 5) is 80.4. The topological polar surface area (TPSA) is 112 Å². The fourth-order valence-corrected chi connectivity index (χ4v) is 12.3. The number of hydrogen-bond acceptors (Lipinski definition) is 6. The zero-order chi connectivity index (χ0) is 82.7. The van der Waals surface area contributed by atoms with Crippen LogP contribution >= 0.6 is 0 Å². The standard InChI is InChI=1S/C26H21NO2.C20H23NO2.C20H19NO2.C18H18.8C2H6/c1-26(2,3)20-12-14-21(15-13-20)27-24(28)22-16-11-19(17-23(22)25(27)29)10-9-18-7-5-4-6-8-18;1-11-9-12-10-15(11)17-16(12)18(22)21(19(17)23)14-7-5-13(6-8-14)20(2,3)4;1-20(2,3)15-9-11-16(12-10-15)21-18(22)13-17(19(21)23)14-7-5-4-6-8-14;1-18(2,3)17-13-11-16(12-14-17)10-9-15-7-5-4-6-8-15;8*1-2/h4-8,11-17H,1-3H3;5-9,12,15-17H,10H2,1-4H3;4-13H,1-3H3;4-8,11-14H,1-3H3;8*1-2H3. The lowest BCUT2D eigenvalue weighted by molar-refractivity contribution is -0.123. The Morgan fingerprint density at radius 2 is 0.633 bits per heavy atom. The molecule has 0 N–H and O–H groups in total. The molecule has 0 aromatic heterocycles. The number of carbonyl (C=O) groups is 6. The van der Waals surface area contributed by atoms with Crippen LogP contribution in [0.3, 0.4) is 0 Å². The van der Waals surface area contributed by atoms with Crippen molar-refractivity contribution in [1.29, 1.82) is 0 Å². The van der Waals surface area contributed by atoms with E-state index in [2.05, 4.69) is 144 Å². The second kappa shape index (κ2) is 45.6. The third-order valence-corrected chi connectivity index (χ3v) is 17.7. The van der Waals surface area contributed by atoms with Gasteiger partial charge in [-0.25, -0.2) is 9.80 Å². The fourth-order valence-electron chi connectivity index (χ4n) is 12.3. The highest BCUT2D eigenvalue weighted by Gasteiger charge is 2.61. The number of hydrogen-bond donors (Lipinski definition) is 0. The second-order valence-corrected chi connectivity index (χ2v) is 28.5. The van der Waals surface area contributed by atoms with Crippen LogP contribution in [-0.4, -0.2) is 35.4 Å². The summed E-state index contributed by atoms with van der Waals surface area (Å²) in [7, 11) is 0. The Bertz CT molecular complexity index is 4340. The van der Waals surface area contributed by atoms with Crippen molar-refractivity contribution < 1.29 is 28.8 Å². The normalized spacial score (nSPS) is 15.7. The average molecular weight is 1470 g/mol. The maximum Gasteiger partial charge on any atom is 0.266 e. The van der Waals surface area contributed by atoms with Crippen LogP contribution in [0, 0.1) is 47.4 Å². The number of benzene rings is 8. The fraction of sp³-hybridized carbons (Fsp3) is 0.380. The third kappa shape index (κ3) is 25.2. The van der Waals surface area contributed by atoms with E-state index in [0.717, 1.165) is 45.5 Å². The lowest BCUT2D eigenvalue weighted by Crippen LogP contribution is -2.33. The number of imide groups is 3. The van der Waals surface area contributed by atoms with Gasteiger partial charge >= 0.3 is 0 Å². The summed E-state index contributed by atoms with van der Waals surface area (Å²) in [5.41, 5.74) is 14.1. The van der Waals surface area contributed by atoms with Crippen molar-refractivity contribution in [3.05, 3.63) is 285 Å². The Hall–Kier alpha value is -10.2. The van der Waals surface area contributed by atoms with E-state index in [1.54, 1.807) is 18.2 Å². The van der Waals surface area contributed by atoms with E-state index in [0.29, 0.717) is 33.6 Å². The first-order valence-electron chi connectivity index (χ1n) is 39.9. The van der Waals surface area contributed by atoms with Crippen LogP contribution in [0.1, 0.15) is 278 Å². The van der Waals surface area contributed by atoms with Gasteiger partial charge in [0, 0.05) is 28.3 Å². The molecule has 9 nitrogen and oxygen atoms in total. The molecule has 2 bridgehead atoms. The van der Waals surface area contributed by atoms with Crippen molar-refractivity contribution in [2.75, 3.05) is 14.7 Å². The van der Waals surface area contributed by atoms with E-state index in [-0.39, 0.29) is 80.8 Å². The van der Waals surface area contributed by atoms with Gasteiger partial charge in [0.05, 0.1) is 45.6 Å². The monoisotopic (exact) mass is 1470 g/mol. The van der Waals surface area contributed by atoms with Crippen molar-refractivity contribution >= 4 is 58.1 Å². The minimum absolute atomic E-state index is 0.000223. The molecule has 9 heteroatoms. The molecule has 8 aromatic carbocycles. The van der Waals surface area contributed by atoms with Gasteiger partial charge in [-0.1, -0.05) is 344 Å². The van der Waals surface area contributed by atoms with Crippen molar-refractivity contribution in [3.8, 4) is 23.7 Å². The highest BCUT2D eigenvalue weighted by atomic mass is 16.2. The quantitative estimate of drug-likeness (QED) is 0.0986. The minimum Gasteiger partial charge on any atom is -0.274 e. The minimum atomic E-state index is -0.308. The summed E-state index contributed by atoms with van der Waals surface area (Å²) in [6.45, 7) is 60.0. The number of allylic oxidation sites excluding steroid dienone is 2. The lowest BCUT2D eigenvalue weighted by atomic mass is 9.82. The molecule has 0 spiro atoms. The second-order valence-electron chi connectivity index (χ2n) is 28.5. The predicted molar refractivity (Wildman–Crippen MR) is 466 cm³/mol.